The number of hydrogen-bond donors (Lipinski definition) is 1. The maximum atomic E-state index is 10.9. The van der Waals surface area contributed by atoms with Crippen LogP contribution in [-0.2, 0) is 6.54 Å². The maximum Gasteiger partial charge on any atom is 0.292 e. The molecule has 1 aromatic carbocycles. The lowest BCUT2D eigenvalue weighted by molar-refractivity contribution is -0.384. The molecule has 0 fully saturated rings. The molecule has 1 aromatic rings. The second-order valence-electron chi connectivity index (χ2n) is 4.45. The largest absolute Gasteiger partial charge is 0.383 e. The van der Waals surface area contributed by atoms with Gasteiger partial charge in [-0.15, -0.1) is 0 Å². The smallest absolute Gasteiger partial charge is 0.292 e. The minimum Gasteiger partial charge on any atom is -0.383 e. The van der Waals surface area contributed by atoms with Crippen LogP contribution in [0.1, 0.15) is 25.3 Å². The van der Waals surface area contributed by atoms with Crippen LogP contribution in [0.2, 0.25) is 0 Å². The molecule has 5 nitrogen and oxygen atoms in total. The number of benzene rings is 1. The Labute approximate surface area is 108 Å². The molecule has 0 spiro atoms. The summed E-state index contributed by atoms with van der Waals surface area (Å²) < 4.78 is 0. The summed E-state index contributed by atoms with van der Waals surface area (Å²) >= 11 is 0. The van der Waals surface area contributed by atoms with Gasteiger partial charge in [-0.05, 0) is 31.6 Å². The van der Waals surface area contributed by atoms with E-state index in [1.807, 2.05) is 13.1 Å². The van der Waals surface area contributed by atoms with Gasteiger partial charge in [0.1, 0.15) is 5.69 Å². The fourth-order valence-electron chi connectivity index (χ4n) is 1.86. The molecule has 18 heavy (non-hydrogen) atoms. The minimum absolute atomic E-state index is 0.138. The molecular formula is C13H21N3O2. The molecule has 0 heterocycles. The summed E-state index contributed by atoms with van der Waals surface area (Å²) in [5.41, 5.74) is 1.66. The van der Waals surface area contributed by atoms with E-state index in [2.05, 4.69) is 17.1 Å². The van der Waals surface area contributed by atoms with E-state index >= 15 is 0 Å². The molecule has 0 amide bonds. The van der Waals surface area contributed by atoms with Crippen molar-refractivity contribution in [2.45, 2.75) is 26.3 Å². The van der Waals surface area contributed by atoms with E-state index in [0.29, 0.717) is 5.69 Å². The van der Waals surface area contributed by atoms with Crippen molar-refractivity contribution in [3.8, 4) is 0 Å². The first-order valence-electron chi connectivity index (χ1n) is 6.22. The summed E-state index contributed by atoms with van der Waals surface area (Å²) in [5.74, 6) is 0. The zero-order valence-corrected chi connectivity index (χ0v) is 11.3. The first kappa shape index (κ1) is 14.4. The first-order chi connectivity index (χ1) is 8.58. The highest BCUT2D eigenvalue weighted by Gasteiger charge is 2.13. The predicted octanol–water partition coefficient (Wildman–Crippen LogP) is 2.87. The third-order valence-corrected chi connectivity index (χ3v) is 2.87. The molecule has 0 bridgehead atoms. The highest BCUT2D eigenvalue weighted by molar-refractivity contribution is 5.62. The number of nitrogens with zero attached hydrogens (tertiary/aromatic N) is 2. The number of unbranched alkanes of at least 4 members (excludes halogenated alkanes) is 1. The predicted molar refractivity (Wildman–Crippen MR) is 73.9 cm³/mol. The third kappa shape index (κ3) is 4.00. The Balaban J connectivity index is 2.78. The number of nitro groups is 1. The SMILES string of the molecule is CCCCN(C)Cc1ccc(NC)c([N+](=O)[O-])c1. The first-order valence-corrected chi connectivity index (χ1v) is 6.22. The van der Waals surface area contributed by atoms with Gasteiger partial charge < -0.3 is 10.2 Å². The van der Waals surface area contributed by atoms with E-state index in [1.165, 1.54) is 0 Å². The Morgan fingerprint density at radius 1 is 1.44 bits per heavy atom. The minimum atomic E-state index is -0.346. The van der Waals surface area contributed by atoms with E-state index < -0.39 is 0 Å². The van der Waals surface area contributed by atoms with Crippen LogP contribution in [0.3, 0.4) is 0 Å². The van der Waals surface area contributed by atoms with Gasteiger partial charge in [0.15, 0.2) is 0 Å². The van der Waals surface area contributed by atoms with Crippen LogP contribution in [0.4, 0.5) is 11.4 Å². The zero-order valence-electron chi connectivity index (χ0n) is 11.3. The lowest BCUT2D eigenvalue weighted by atomic mass is 10.1. The average molecular weight is 251 g/mol. The summed E-state index contributed by atoms with van der Waals surface area (Å²) in [6.07, 6.45) is 2.30. The molecule has 0 aliphatic carbocycles. The van der Waals surface area contributed by atoms with E-state index in [0.717, 1.165) is 31.5 Å². The molecule has 0 atom stereocenters. The van der Waals surface area contributed by atoms with Crippen LogP contribution >= 0.6 is 0 Å². The molecular weight excluding hydrogens is 230 g/mol. The summed E-state index contributed by atoms with van der Waals surface area (Å²) in [4.78, 5) is 12.8. The second kappa shape index (κ2) is 6.96. The van der Waals surface area contributed by atoms with Crippen molar-refractivity contribution in [1.82, 2.24) is 4.90 Å². The Hall–Kier alpha value is -1.62. The van der Waals surface area contributed by atoms with Gasteiger partial charge in [0.2, 0.25) is 0 Å². The molecule has 0 radical (unpaired) electrons. The van der Waals surface area contributed by atoms with Gasteiger partial charge in [0.05, 0.1) is 4.92 Å². The van der Waals surface area contributed by atoms with Gasteiger partial charge in [-0.3, -0.25) is 10.1 Å². The topological polar surface area (TPSA) is 58.4 Å². The number of anilines is 1. The Morgan fingerprint density at radius 3 is 2.72 bits per heavy atom. The quantitative estimate of drug-likeness (QED) is 0.598. The van der Waals surface area contributed by atoms with Gasteiger partial charge in [-0.25, -0.2) is 0 Å². The zero-order chi connectivity index (χ0) is 13.5. The molecule has 0 aliphatic rings. The Kier molecular flexibility index (Phi) is 5.58. The van der Waals surface area contributed by atoms with Crippen LogP contribution in [-0.4, -0.2) is 30.5 Å². The van der Waals surface area contributed by atoms with E-state index in [4.69, 9.17) is 0 Å². The maximum absolute atomic E-state index is 10.9. The van der Waals surface area contributed by atoms with Crippen molar-refractivity contribution in [1.29, 1.82) is 0 Å². The summed E-state index contributed by atoms with van der Waals surface area (Å²) in [7, 11) is 3.73. The van der Waals surface area contributed by atoms with Crippen molar-refractivity contribution >= 4 is 11.4 Å². The fourth-order valence-corrected chi connectivity index (χ4v) is 1.86. The van der Waals surface area contributed by atoms with Gasteiger partial charge in [-0.1, -0.05) is 19.4 Å². The van der Waals surface area contributed by atoms with Gasteiger partial charge in [0, 0.05) is 19.7 Å². The van der Waals surface area contributed by atoms with Crippen LogP contribution in [0.15, 0.2) is 18.2 Å². The Bertz CT molecular complexity index is 407. The van der Waals surface area contributed by atoms with Crippen molar-refractivity contribution in [2.75, 3.05) is 26.0 Å². The number of nitro benzene ring substituents is 1. The van der Waals surface area contributed by atoms with E-state index in [1.54, 1.807) is 19.2 Å². The van der Waals surface area contributed by atoms with Crippen molar-refractivity contribution in [2.24, 2.45) is 0 Å². The van der Waals surface area contributed by atoms with Gasteiger partial charge in [0.25, 0.3) is 5.69 Å². The van der Waals surface area contributed by atoms with E-state index in [9.17, 15) is 10.1 Å². The molecule has 0 saturated carbocycles. The van der Waals surface area contributed by atoms with Crippen molar-refractivity contribution < 1.29 is 4.92 Å². The van der Waals surface area contributed by atoms with Crippen molar-refractivity contribution in [3.05, 3.63) is 33.9 Å². The summed E-state index contributed by atoms with van der Waals surface area (Å²) in [6.45, 7) is 3.91. The molecule has 0 unspecified atom stereocenters. The van der Waals surface area contributed by atoms with Gasteiger partial charge in [-0.2, -0.15) is 0 Å². The fraction of sp³-hybridized carbons (Fsp3) is 0.538. The molecule has 0 aromatic heterocycles. The summed E-state index contributed by atoms with van der Waals surface area (Å²) in [5, 5.41) is 13.8. The molecule has 1 N–H and O–H groups in total. The Morgan fingerprint density at radius 2 is 2.17 bits per heavy atom. The second-order valence-corrected chi connectivity index (χ2v) is 4.45. The molecule has 5 heteroatoms. The van der Waals surface area contributed by atoms with E-state index in [-0.39, 0.29) is 10.6 Å². The number of nitrogens with one attached hydrogen (secondary N) is 1. The molecule has 0 aliphatic heterocycles. The number of rotatable bonds is 7. The average Bonchev–Trinajstić information content (AvgIpc) is 2.36. The highest BCUT2D eigenvalue weighted by atomic mass is 16.6. The lowest BCUT2D eigenvalue weighted by Crippen LogP contribution is -2.19. The highest BCUT2D eigenvalue weighted by Crippen LogP contribution is 2.25. The third-order valence-electron chi connectivity index (χ3n) is 2.87. The lowest BCUT2D eigenvalue weighted by Gasteiger charge is -2.16. The number of hydrogen-bond acceptors (Lipinski definition) is 4. The standard InChI is InChI=1S/C13H21N3O2/c1-4-5-8-15(3)10-11-6-7-12(14-2)13(9-11)16(17)18/h6-7,9,14H,4-5,8,10H2,1-3H3. The normalized spacial score (nSPS) is 10.7. The molecule has 0 saturated heterocycles. The summed E-state index contributed by atoms with van der Waals surface area (Å²) in [6, 6.07) is 5.34. The van der Waals surface area contributed by atoms with Crippen molar-refractivity contribution in [3.63, 3.8) is 0 Å². The molecule has 1 rings (SSSR count). The molecule has 100 valence electrons. The van der Waals surface area contributed by atoms with Crippen LogP contribution < -0.4 is 5.32 Å². The van der Waals surface area contributed by atoms with Crippen LogP contribution in [0.25, 0.3) is 0 Å². The van der Waals surface area contributed by atoms with Crippen LogP contribution in [0, 0.1) is 10.1 Å². The van der Waals surface area contributed by atoms with Gasteiger partial charge >= 0.3 is 0 Å². The van der Waals surface area contributed by atoms with Crippen LogP contribution in [0.5, 0.6) is 0 Å². The monoisotopic (exact) mass is 251 g/mol.